The molecule has 102 valence electrons. The molecule has 0 bridgehead atoms. The van der Waals surface area contributed by atoms with Crippen molar-refractivity contribution in [2.24, 2.45) is 0 Å². The first-order valence-electron chi connectivity index (χ1n) is 6.69. The fourth-order valence-electron chi connectivity index (χ4n) is 2.41. The third-order valence-corrected chi connectivity index (χ3v) is 4.25. The number of aromatic nitrogens is 3. The van der Waals surface area contributed by atoms with Crippen molar-refractivity contribution in [2.45, 2.75) is 55.9 Å². The van der Waals surface area contributed by atoms with Crippen molar-refractivity contribution in [3.63, 3.8) is 0 Å². The van der Waals surface area contributed by atoms with Crippen LogP contribution >= 0.6 is 11.8 Å². The Morgan fingerprint density at radius 2 is 2.11 bits per heavy atom. The van der Waals surface area contributed by atoms with Crippen molar-refractivity contribution in [1.82, 2.24) is 15.4 Å². The van der Waals surface area contributed by atoms with E-state index in [0.29, 0.717) is 16.9 Å². The number of aryl methyl sites for hydroxylation is 1. The van der Waals surface area contributed by atoms with E-state index in [9.17, 15) is 0 Å². The molecule has 0 N–H and O–H groups in total. The molecule has 0 spiro atoms. The molecule has 2 aromatic heterocycles. The lowest BCUT2D eigenvalue weighted by molar-refractivity contribution is 0.334. The van der Waals surface area contributed by atoms with Crippen LogP contribution in [0.4, 0.5) is 0 Å². The molecule has 0 atom stereocenters. The summed E-state index contributed by atoms with van der Waals surface area (Å²) in [6.45, 7) is 1.88. The van der Waals surface area contributed by atoms with Gasteiger partial charge in [0.15, 0.2) is 0 Å². The lowest BCUT2D eigenvalue weighted by Crippen LogP contribution is -2.04. The zero-order valence-corrected chi connectivity index (χ0v) is 11.8. The van der Waals surface area contributed by atoms with E-state index in [-0.39, 0.29) is 0 Å². The van der Waals surface area contributed by atoms with Gasteiger partial charge in [-0.2, -0.15) is 0 Å². The molecule has 5 nitrogen and oxygen atoms in total. The van der Waals surface area contributed by atoms with Crippen molar-refractivity contribution < 1.29 is 8.94 Å². The maximum atomic E-state index is 5.73. The van der Waals surface area contributed by atoms with Crippen LogP contribution in [0.15, 0.2) is 20.2 Å². The van der Waals surface area contributed by atoms with Gasteiger partial charge in [0.2, 0.25) is 5.89 Å². The minimum Gasteiger partial charge on any atom is -0.416 e. The molecular formula is C13H17N3O2S. The summed E-state index contributed by atoms with van der Waals surface area (Å²) >= 11 is 1.51. The van der Waals surface area contributed by atoms with Gasteiger partial charge in [0.1, 0.15) is 5.76 Å². The second-order valence-electron chi connectivity index (χ2n) is 4.96. The molecule has 0 aromatic carbocycles. The Labute approximate surface area is 116 Å². The molecule has 3 rings (SSSR count). The Kier molecular flexibility index (Phi) is 3.87. The van der Waals surface area contributed by atoms with E-state index in [4.69, 9.17) is 8.94 Å². The van der Waals surface area contributed by atoms with Crippen LogP contribution in [0.2, 0.25) is 0 Å². The first kappa shape index (κ1) is 12.7. The third-order valence-electron chi connectivity index (χ3n) is 3.40. The summed E-state index contributed by atoms with van der Waals surface area (Å²) in [6.07, 6.45) is 6.22. The number of thioether (sulfide) groups is 1. The monoisotopic (exact) mass is 279 g/mol. The van der Waals surface area contributed by atoms with Crippen molar-refractivity contribution in [1.29, 1.82) is 0 Å². The van der Waals surface area contributed by atoms with Crippen LogP contribution in [0.1, 0.15) is 55.4 Å². The lowest BCUT2D eigenvalue weighted by Gasteiger charge is -2.17. The molecular weight excluding hydrogens is 262 g/mol. The van der Waals surface area contributed by atoms with Crippen LogP contribution in [0.25, 0.3) is 0 Å². The zero-order valence-electron chi connectivity index (χ0n) is 11.0. The Morgan fingerprint density at radius 3 is 2.84 bits per heavy atom. The van der Waals surface area contributed by atoms with Gasteiger partial charge in [-0.05, 0) is 19.8 Å². The van der Waals surface area contributed by atoms with Crippen LogP contribution in [0.3, 0.4) is 0 Å². The summed E-state index contributed by atoms with van der Waals surface area (Å²) in [6, 6.07) is 1.92. The molecule has 0 amide bonds. The van der Waals surface area contributed by atoms with E-state index in [1.54, 1.807) is 0 Å². The average Bonchev–Trinajstić information content (AvgIpc) is 3.06. The molecule has 0 aliphatic heterocycles. The maximum Gasteiger partial charge on any atom is 0.276 e. The molecule has 19 heavy (non-hydrogen) atoms. The van der Waals surface area contributed by atoms with E-state index < -0.39 is 0 Å². The minimum absolute atomic E-state index is 0.463. The second-order valence-corrected chi connectivity index (χ2v) is 5.89. The third kappa shape index (κ3) is 3.18. The average molecular weight is 279 g/mol. The van der Waals surface area contributed by atoms with Gasteiger partial charge in [-0.1, -0.05) is 36.2 Å². The SMILES string of the molecule is Cc1cc(CSc2nnc(C3CCCCC3)o2)no1. The molecule has 0 unspecified atom stereocenters. The number of hydrogen-bond acceptors (Lipinski definition) is 6. The van der Waals surface area contributed by atoms with Gasteiger partial charge < -0.3 is 8.94 Å². The maximum absolute atomic E-state index is 5.73. The summed E-state index contributed by atoms with van der Waals surface area (Å²) in [5, 5.41) is 12.8. The van der Waals surface area contributed by atoms with Crippen LogP contribution in [0, 0.1) is 6.92 Å². The van der Waals surface area contributed by atoms with E-state index in [0.717, 1.165) is 17.3 Å². The highest BCUT2D eigenvalue weighted by molar-refractivity contribution is 7.98. The Bertz CT molecular complexity index is 531. The highest BCUT2D eigenvalue weighted by atomic mass is 32.2. The van der Waals surface area contributed by atoms with E-state index in [1.165, 1.54) is 43.9 Å². The van der Waals surface area contributed by atoms with Crippen LogP contribution in [0.5, 0.6) is 0 Å². The van der Waals surface area contributed by atoms with Gasteiger partial charge in [-0.25, -0.2) is 0 Å². The molecule has 1 fully saturated rings. The van der Waals surface area contributed by atoms with Crippen LogP contribution in [-0.4, -0.2) is 15.4 Å². The minimum atomic E-state index is 0.463. The van der Waals surface area contributed by atoms with Crippen molar-refractivity contribution in [3.8, 4) is 0 Å². The quantitative estimate of drug-likeness (QED) is 0.795. The Morgan fingerprint density at radius 1 is 1.26 bits per heavy atom. The van der Waals surface area contributed by atoms with Gasteiger partial charge in [-0.15, -0.1) is 10.2 Å². The predicted molar refractivity (Wildman–Crippen MR) is 70.9 cm³/mol. The summed E-state index contributed by atoms with van der Waals surface area (Å²) in [4.78, 5) is 0. The predicted octanol–water partition coefficient (Wildman–Crippen LogP) is 3.71. The van der Waals surface area contributed by atoms with Gasteiger partial charge in [0.05, 0.1) is 5.69 Å². The molecule has 0 radical (unpaired) electrons. The Balaban J connectivity index is 1.58. The smallest absolute Gasteiger partial charge is 0.276 e. The summed E-state index contributed by atoms with van der Waals surface area (Å²) < 4.78 is 10.8. The van der Waals surface area contributed by atoms with Gasteiger partial charge in [-0.3, -0.25) is 0 Å². The molecule has 0 saturated heterocycles. The van der Waals surface area contributed by atoms with E-state index in [1.807, 2.05) is 13.0 Å². The number of rotatable bonds is 4. The fraction of sp³-hybridized carbons (Fsp3) is 0.615. The normalized spacial score (nSPS) is 16.9. The molecule has 1 saturated carbocycles. The largest absolute Gasteiger partial charge is 0.416 e. The molecule has 1 aliphatic rings. The van der Waals surface area contributed by atoms with Crippen molar-refractivity contribution in [2.75, 3.05) is 0 Å². The molecule has 2 aromatic rings. The Hall–Kier alpha value is -1.30. The standard InChI is InChI=1S/C13H17N3O2S/c1-9-7-11(16-18-9)8-19-13-15-14-12(17-13)10-5-3-2-4-6-10/h7,10H,2-6,8H2,1H3. The summed E-state index contributed by atoms with van der Waals surface area (Å²) in [5.74, 6) is 2.79. The molecule has 2 heterocycles. The summed E-state index contributed by atoms with van der Waals surface area (Å²) in [7, 11) is 0. The van der Waals surface area contributed by atoms with Crippen LogP contribution in [-0.2, 0) is 5.75 Å². The molecule has 6 heteroatoms. The van der Waals surface area contributed by atoms with Crippen molar-refractivity contribution in [3.05, 3.63) is 23.4 Å². The number of hydrogen-bond donors (Lipinski definition) is 0. The van der Waals surface area contributed by atoms with E-state index >= 15 is 0 Å². The van der Waals surface area contributed by atoms with Gasteiger partial charge in [0.25, 0.3) is 5.22 Å². The molecule has 1 aliphatic carbocycles. The second kappa shape index (κ2) is 5.77. The van der Waals surface area contributed by atoms with Gasteiger partial charge in [0, 0.05) is 17.7 Å². The topological polar surface area (TPSA) is 65.0 Å². The summed E-state index contributed by atoms with van der Waals surface area (Å²) in [5.41, 5.74) is 0.903. The first-order valence-corrected chi connectivity index (χ1v) is 7.68. The fourth-order valence-corrected chi connectivity index (χ4v) is 3.07. The van der Waals surface area contributed by atoms with Gasteiger partial charge >= 0.3 is 0 Å². The number of nitrogens with zero attached hydrogens (tertiary/aromatic N) is 3. The zero-order chi connectivity index (χ0) is 13.1. The van der Waals surface area contributed by atoms with E-state index in [2.05, 4.69) is 15.4 Å². The highest BCUT2D eigenvalue weighted by Gasteiger charge is 2.21. The first-order chi connectivity index (χ1) is 9.31. The van der Waals surface area contributed by atoms with Crippen molar-refractivity contribution >= 4 is 11.8 Å². The lowest BCUT2D eigenvalue weighted by atomic mass is 9.89. The van der Waals surface area contributed by atoms with Crippen LogP contribution < -0.4 is 0 Å². The highest BCUT2D eigenvalue weighted by Crippen LogP contribution is 2.33.